The molecule has 2 aromatic rings. The maximum Gasteiger partial charge on any atom is 0.175 e. The Morgan fingerprint density at radius 3 is 2.50 bits per heavy atom. The van der Waals surface area contributed by atoms with Gasteiger partial charge in [-0.1, -0.05) is 24.3 Å². The Labute approximate surface area is 81.6 Å². The van der Waals surface area contributed by atoms with E-state index in [1.807, 2.05) is 24.3 Å². The molecule has 0 saturated carbocycles. The summed E-state index contributed by atoms with van der Waals surface area (Å²) < 4.78 is 0.997. The van der Waals surface area contributed by atoms with Gasteiger partial charge in [-0.3, -0.25) is 0 Å². The van der Waals surface area contributed by atoms with E-state index in [2.05, 4.69) is 4.98 Å². The van der Waals surface area contributed by atoms with Crippen LogP contribution in [0.3, 0.4) is 0 Å². The molecule has 0 bridgehead atoms. The highest BCUT2D eigenvalue weighted by atomic mass is 16.5. The van der Waals surface area contributed by atoms with Crippen LogP contribution in [0.2, 0.25) is 0 Å². The predicted octanol–water partition coefficient (Wildman–Crippen LogP) is 1.25. The molecular weight excluding hydrogens is 178 g/mol. The lowest BCUT2D eigenvalue weighted by Crippen LogP contribution is -1.96. The average molecular weight is 189 g/mol. The fourth-order valence-electron chi connectivity index (χ4n) is 1.29. The molecule has 0 aliphatic heterocycles. The Hall–Kier alpha value is -1.81. The van der Waals surface area contributed by atoms with Crippen LogP contribution in [0.15, 0.2) is 36.7 Å². The summed E-state index contributed by atoms with van der Waals surface area (Å²) in [4.78, 5) is 4.02. The minimum absolute atomic E-state index is 0.522. The van der Waals surface area contributed by atoms with Crippen LogP contribution in [0.5, 0.6) is 0 Å². The summed E-state index contributed by atoms with van der Waals surface area (Å²) in [6.07, 6.45) is 3.04. The summed E-state index contributed by atoms with van der Waals surface area (Å²) in [5.74, 6) is 0.536. The van der Waals surface area contributed by atoms with Crippen molar-refractivity contribution in [2.75, 3.05) is 0 Å². The molecule has 0 amide bonds. The molecule has 0 spiro atoms. The number of nitrogens with zero attached hydrogens (tertiary/aromatic N) is 2. The van der Waals surface area contributed by atoms with Crippen molar-refractivity contribution in [1.82, 2.24) is 9.71 Å². The lowest BCUT2D eigenvalue weighted by molar-refractivity contribution is 0.191. The molecule has 1 heterocycles. The van der Waals surface area contributed by atoms with Crippen molar-refractivity contribution >= 4 is 0 Å². The summed E-state index contributed by atoms with van der Waals surface area (Å²) in [6.45, 7) is 0.522. The molecule has 0 aliphatic carbocycles. The van der Waals surface area contributed by atoms with E-state index in [-0.39, 0.29) is 0 Å². The fourth-order valence-corrected chi connectivity index (χ4v) is 1.29. The minimum Gasteiger partial charge on any atom is -0.427 e. The molecule has 3 N–H and O–H groups in total. The molecule has 0 unspecified atom stereocenters. The number of hydrogen-bond acceptors (Lipinski definition) is 3. The van der Waals surface area contributed by atoms with Crippen molar-refractivity contribution in [2.24, 2.45) is 5.73 Å². The molecule has 0 saturated heterocycles. The summed E-state index contributed by atoms with van der Waals surface area (Å²) in [5.41, 5.74) is 7.41. The second kappa shape index (κ2) is 3.51. The van der Waals surface area contributed by atoms with Crippen molar-refractivity contribution in [3.63, 3.8) is 0 Å². The van der Waals surface area contributed by atoms with Gasteiger partial charge in [0.2, 0.25) is 0 Å². The van der Waals surface area contributed by atoms with Gasteiger partial charge in [0.1, 0.15) is 0 Å². The van der Waals surface area contributed by atoms with Gasteiger partial charge in [0, 0.05) is 18.3 Å². The maximum absolute atomic E-state index is 9.36. The van der Waals surface area contributed by atoms with Gasteiger partial charge in [-0.05, 0) is 5.56 Å². The molecule has 4 heteroatoms. The van der Waals surface area contributed by atoms with E-state index in [1.54, 1.807) is 6.20 Å². The molecule has 1 aromatic heterocycles. The average Bonchev–Trinajstić information content (AvgIpc) is 2.65. The van der Waals surface area contributed by atoms with Gasteiger partial charge in [-0.25, -0.2) is 4.98 Å². The Morgan fingerprint density at radius 1 is 1.29 bits per heavy atom. The Morgan fingerprint density at radius 2 is 2.00 bits per heavy atom. The van der Waals surface area contributed by atoms with Crippen LogP contribution in [0.4, 0.5) is 0 Å². The first-order valence-corrected chi connectivity index (χ1v) is 4.33. The quantitative estimate of drug-likeness (QED) is 0.699. The SMILES string of the molecule is NCc1ccc(-c2nccn2O)cc1. The van der Waals surface area contributed by atoms with Gasteiger partial charge in [-0.15, -0.1) is 0 Å². The number of benzene rings is 1. The number of nitrogens with two attached hydrogens (primary N) is 1. The predicted molar refractivity (Wildman–Crippen MR) is 52.7 cm³/mol. The molecule has 72 valence electrons. The molecule has 4 nitrogen and oxygen atoms in total. The molecule has 2 rings (SSSR count). The van der Waals surface area contributed by atoms with Gasteiger partial charge in [0.25, 0.3) is 0 Å². The second-order valence-electron chi connectivity index (χ2n) is 3.00. The van der Waals surface area contributed by atoms with Crippen molar-refractivity contribution in [1.29, 1.82) is 0 Å². The standard InChI is InChI=1S/C10H11N3O/c11-7-8-1-3-9(4-2-8)10-12-5-6-13(10)14/h1-6,14H,7,11H2. The summed E-state index contributed by atoms with van der Waals surface area (Å²) in [7, 11) is 0. The zero-order chi connectivity index (χ0) is 9.97. The van der Waals surface area contributed by atoms with E-state index in [0.29, 0.717) is 12.4 Å². The Kier molecular flexibility index (Phi) is 2.20. The monoisotopic (exact) mass is 189 g/mol. The molecule has 14 heavy (non-hydrogen) atoms. The topological polar surface area (TPSA) is 64.1 Å². The van der Waals surface area contributed by atoms with E-state index < -0.39 is 0 Å². The van der Waals surface area contributed by atoms with Crippen LogP contribution in [0, 0.1) is 0 Å². The molecule has 0 atom stereocenters. The molecule has 0 aliphatic rings. The first-order valence-electron chi connectivity index (χ1n) is 4.33. The molecule has 0 fully saturated rings. The van der Waals surface area contributed by atoms with E-state index in [4.69, 9.17) is 5.73 Å². The third kappa shape index (κ3) is 1.47. The highest BCUT2D eigenvalue weighted by Crippen LogP contribution is 2.16. The highest BCUT2D eigenvalue weighted by Gasteiger charge is 2.03. The zero-order valence-corrected chi connectivity index (χ0v) is 7.59. The van der Waals surface area contributed by atoms with Crippen LogP contribution >= 0.6 is 0 Å². The lowest BCUT2D eigenvalue weighted by atomic mass is 10.1. The molecule has 1 aromatic carbocycles. The van der Waals surface area contributed by atoms with Crippen molar-refractivity contribution in [3.8, 4) is 11.4 Å². The van der Waals surface area contributed by atoms with Crippen molar-refractivity contribution < 1.29 is 5.21 Å². The third-order valence-electron chi connectivity index (χ3n) is 2.07. The smallest absolute Gasteiger partial charge is 0.175 e. The molecule has 0 radical (unpaired) electrons. The number of hydrogen-bond donors (Lipinski definition) is 2. The van der Waals surface area contributed by atoms with Crippen LogP contribution in [-0.2, 0) is 6.54 Å². The number of imidazole rings is 1. The van der Waals surface area contributed by atoms with Crippen LogP contribution in [0.25, 0.3) is 11.4 Å². The van der Waals surface area contributed by atoms with Crippen LogP contribution in [-0.4, -0.2) is 14.9 Å². The number of rotatable bonds is 2. The first-order chi connectivity index (χ1) is 6.81. The largest absolute Gasteiger partial charge is 0.427 e. The normalized spacial score (nSPS) is 10.4. The summed E-state index contributed by atoms with van der Waals surface area (Å²) in [5, 5.41) is 9.36. The van der Waals surface area contributed by atoms with Crippen LogP contribution < -0.4 is 5.73 Å². The maximum atomic E-state index is 9.36. The minimum atomic E-state index is 0.522. The van der Waals surface area contributed by atoms with E-state index >= 15 is 0 Å². The fraction of sp³-hybridized carbons (Fsp3) is 0.100. The second-order valence-corrected chi connectivity index (χ2v) is 3.00. The van der Waals surface area contributed by atoms with Gasteiger partial charge in [0.15, 0.2) is 5.82 Å². The Bertz CT molecular complexity index is 419. The van der Waals surface area contributed by atoms with Crippen molar-refractivity contribution in [2.45, 2.75) is 6.54 Å². The summed E-state index contributed by atoms with van der Waals surface area (Å²) in [6, 6.07) is 7.61. The van der Waals surface area contributed by atoms with Gasteiger partial charge in [0.05, 0.1) is 6.20 Å². The van der Waals surface area contributed by atoms with Crippen molar-refractivity contribution in [3.05, 3.63) is 42.2 Å². The zero-order valence-electron chi connectivity index (χ0n) is 7.59. The number of aromatic nitrogens is 2. The van der Waals surface area contributed by atoms with Gasteiger partial charge in [-0.2, -0.15) is 4.73 Å². The third-order valence-corrected chi connectivity index (χ3v) is 2.07. The first kappa shape index (κ1) is 8.77. The van der Waals surface area contributed by atoms with E-state index in [0.717, 1.165) is 15.9 Å². The highest BCUT2D eigenvalue weighted by molar-refractivity contribution is 5.55. The molecular formula is C10H11N3O. The van der Waals surface area contributed by atoms with Gasteiger partial charge >= 0.3 is 0 Å². The van der Waals surface area contributed by atoms with Gasteiger partial charge < -0.3 is 10.9 Å². The summed E-state index contributed by atoms with van der Waals surface area (Å²) >= 11 is 0. The Balaban J connectivity index is 2.39. The lowest BCUT2D eigenvalue weighted by Gasteiger charge is -2.01. The van der Waals surface area contributed by atoms with E-state index in [1.165, 1.54) is 6.20 Å². The van der Waals surface area contributed by atoms with E-state index in [9.17, 15) is 5.21 Å². The van der Waals surface area contributed by atoms with Crippen LogP contribution in [0.1, 0.15) is 5.56 Å².